The first-order chi connectivity index (χ1) is 12.0. The number of anilines is 1. The van der Waals surface area contributed by atoms with E-state index in [1.807, 2.05) is 0 Å². The smallest absolute Gasteiger partial charge is 0.267 e. The van der Waals surface area contributed by atoms with Gasteiger partial charge in [-0.3, -0.25) is 4.79 Å². The molecule has 0 bridgehead atoms. The lowest BCUT2D eigenvalue weighted by atomic mass is 10.2. The molecule has 0 radical (unpaired) electrons. The van der Waals surface area contributed by atoms with E-state index >= 15 is 0 Å². The predicted molar refractivity (Wildman–Crippen MR) is 97.9 cm³/mol. The average Bonchev–Trinajstić information content (AvgIpc) is 3.13. The van der Waals surface area contributed by atoms with Crippen LogP contribution >= 0.6 is 11.3 Å². The van der Waals surface area contributed by atoms with E-state index in [1.54, 1.807) is 36.8 Å². The lowest BCUT2D eigenvalue weighted by molar-refractivity contribution is 0.102. The normalized spacial score (nSPS) is 15.7. The van der Waals surface area contributed by atoms with Gasteiger partial charge in [-0.2, -0.15) is 4.31 Å². The number of carbonyl (C=O) groups is 1. The molecule has 2 heterocycles. The van der Waals surface area contributed by atoms with Crippen LogP contribution in [0.4, 0.5) is 5.69 Å². The minimum Gasteiger partial charge on any atom is -0.497 e. The Kier molecular flexibility index (Phi) is 5.41. The number of ether oxygens (including phenoxy) is 1. The van der Waals surface area contributed by atoms with Crippen LogP contribution in [0.25, 0.3) is 0 Å². The fourth-order valence-electron chi connectivity index (χ4n) is 2.80. The molecule has 134 valence electrons. The fraction of sp³-hybridized carbons (Fsp3) is 0.353. The van der Waals surface area contributed by atoms with E-state index < -0.39 is 15.9 Å². The Balaban J connectivity index is 1.84. The molecule has 0 spiro atoms. The molecule has 1 saturated heterocycles. The van der Waals surface area contributed by atoms with Crippen molar-refractivity contribution in [2.45, 2.75) is 24.2 Å². The van der Waals surface area contributed by atoms with Gasteiger partial charge in [-0.1, -0.05) is 12.5 Å². The highest BCUT2D eigenvalue weighted by Crippen LogP contribution is 2.28. The zero-order valence-corrected chi connectivity index (χ0v) is 15.5. The minimum atomic E-state index is -3.64. The maximum atomic E-state index is 12.9. The molecule has 0 unspecified atom stereocenters. The molecule has 2 aromatic rings. The Morgan fingerprint density at radius 1 is 1.20 bits per heavy atom. The molecule has 3 rings (SSSR count). The Hall–Kier alpha value is -1.90. The number of carbonyl (C=O) groups excluding carboxylic acids is 1. The number of hydrogen-bond donors (Lipinski definition) is 1. The molecular weight excluding hydrogens is 360 g/mol. The van der Waals surface area contributed by atoms with Crippen LogP contribution in [0.3, 0.4) is 0 Å². The second kappa shape index (κ2) is 7.55. The van der Waals surface area contributed by atoms with Crippen molar-refractivity contribution < 1.29 is 17.9 Å². The Morgan fingerprint density at radius 3 is 2.68 bits per heavy atom. The molecule has 0 saturated carbocycles. The summed E-state index contributed by atoms with van der Waals surface area (Å²) in [7, 11) is -2.10. The number of methoxy groups -OCH3 is 1. The van der Waals surface area contributed by atoms with Gasteiger partial charge in [0, 0.05) is 24.8 Å². The molecule has 0 aliphatic carbocycles. The molecule has 1 N–H and O–H groups in total. The van der Waals surface area contributed by atoms with Crippen molar-refractivity contribution >= 4 is 33.0 Å². The highest BCUT2D eigenvalue weighted by atomic mass is 32.2. The lowest BCUT2D eigenvalue weighted by Gasteiger charge is -2.25. The molecule has 6 nitrogen and oxygen atoms in total. The van der Waals surface area contributed by atoms with Gasteiger partial charge in [-0.15, -0.1) is 11.3 Å². The van der Waals surface area contributed by atoms with Crippen LogP contribution in [0, 0.1) is 0 Å². The second-order valence-corrected chi connectivity index (χ2v) is 8.59. The first-order valence-electron chi connectivity index (χ1n) is 8.05. The summed E-state index contributed by atoms with van der Waals surface area (Å²) in [5.41, 5.74) is 0.555. The summed E-state index contributed by atoms with van der Waals surface area (Å²) in [5.74, 6) is 0.184. The van der Waals surface area contributed by atoms with Crippen LogP contribution < -0.4 is 10.1 Å². The van der Waals surface area contributed by atoms with E-state index in [4.69, 9.17) is 4.74 Å². The molecule has 1 aromatic heterocycles. The van der Waals surface area contributed by atoms with E-state index in [0.717, 1.165) is 30.6 Å². The number of piperidine rings is 1. The number of thiophene rings is 1. The number of rotatable bonds is 5. The quantitative estimate of drug-likeness (QED) is 0.864. The van der Waals surface area contributed by atoms with E-state index in [2.05, 4.69) is 5.32 Å². The van der Waals surface area contributed by atoms with Crippen molar-refractivity contribution in [1.29, 1.82) is 0 Å². The summed E-state index contributed by atoms with van der Waals surface area (Å²) in [6.45, 7) is 1.02. The van der Waals surface area contributed by atoms with Crippen molar-refractivity contribution in [1.82, 2.24) is 4.31 Å². The zero-order valence-electron chi connectivity index (χ0n) is 13.9. The van der Waals surface area contributed by atoms with Crippen LogP contribution in [0.1, 0.15) is 28.9 Å². The minimum absolute atomic E-state index is 0.0831. The van der Waals surface area contributed by atoms with Crippen LogP contribution in [0.15, 0.2) is 40.6 Å². The van der Waals surface area contributed by atoms with Crippen LogP contribution in [-0.2, 0) is 10.0 Å². The van der Waals surface area contributed by atoms with E-state index in [1.165, 1.54) is 10.4 Å². The first kappa shape index (κ1) is 17.9. The van der Waals surface area contributed by atoms with Crippen molar-refractivity contribution in [3.05, 3.63) is 40.6 Å². The summed E-state index contributed by atoms with van der Waals surface area (Å²) in [6, 6.07) is 8.45. The largest absolute Gasteiger partial charge is 0.497 e. The predicted octanol–water partition coefficient (Wildman–Crippen LogP) is 3.18. The monoisotopic (exact) mass is 380 g/mol. The van der Waals surface area contributed by atoms with E-state index in [9.17, 15) is 13.2 Å². The summed E-state index contributed by atoms with van der Waals surface area (Å²) in [6.07, 6.45) is 2.75. The third kappa shape index (κ3) is 3.86. The van der Waals surface area contributed by atoms with E-state index in [0.29, 0.717) is 24.5 Å². The van der Waals surface area contributed by atoms with Crippen molar-refractivity contribution in [3.8, 4) is 5.75 Å². The number of hydrogen-bond acceptors (Lipinski definition) is 5. The molecule has 1 aromatic carbocycles. The van der Waals surface area contributed by atoms with Gasteiger partial charge in [0.15, 0.2) is 0 Å². The van der Waals surface area contributed by atoms with Gasteiger partial charge in [0.05, 0.1) is 7.11 Å². The number of sulfonamides is 1. The first-order valence-corrected chi connectivity index (χ1v) is 10.4. The van der Waals surface area contributed by atoms with Crippen molar-refractivity contribution in [3.63, 3.8) is 0 Å². The zero-order chi connectivity index (χ0) is 17.9. The fourth-order valence-corrected chi connectivity index (χ4v) is 5.61. The van der Waals surface area contributed by atoms with Gasteiger partial charge >= 0.3 is 0 Å². The molecule has 1 aliphatic rings. The second-order valence-electron chi connectivity index (χ2n) is 5.76. The van der Waals surface area contributed by atoms with Gasteiger partial charge in [0.25, 0.3) is 5.91 Å². The highest BCUT2D eigenvalue weighted by molar-refractivity contribution is 7.89. The Morgan fingerprint density at radius 2 is 1.96 bits per heavy atom. The lowest BCUT2D eigenvalue weighted by Crippen LogP contribution is -2.36. The number of nitrogens with one attached hydrogen (secondary N) is 1. The molecule has 1 amide bonds. The summed E-state index contributed by atoms with van der Waals surface area (Å²) >= 11 is 1.13. The van der Waals surface area contributed by atoms with Crippen LogP contribution in [0.5, 0.6) is 5.75 Å². The standard InChI is InChI=1S/C17H20N2O4S2/c1-23-14-7-5-6-13(12-14)18-17(20)16-15(8-11-24-16)25(21,22)19-9-3-2-4-10-19/h5-8,11-12H,2-4,9-10H2,1H3,(H,18,20). The summed E-state index contributed by atoms with van der Waals surface area (Å²) in [5, 5.41) is 4.38. The third-order valence-electron chi connectivity index (χ3n) is 4.10. The summed E-state index contributed by atoms with van der Waals surface area (Å²) < 4.78 is 32.3. The molecule has 1 aliphatic heterocycles. The molecule has 0 atom stereocenters. The molecule has 8 heteroatoms. The van der Waals surface area contributed by atoms with Gasteiger partial charge < -0.3 is 10.1 Å². The van der Waals surface area contributed by atoms with Gasteiger partial charge in [0.1, 0.15) is 15.5 Å². The summed E-state index contributed by atoms with van der Waals surface area (Å²) in [4.78, 5) is 12.9. The highest BCUT2D eigenvalue weighted by Gasteiger charge is 2.31. The molecular formula is C17H20N2O4S2. The SMILES string of the molecule is COc1cccc(NC(=O)c2sccc2S(=O)(=O)N2CCCCC2)c1. The van der Waals surface area contributed by atoms with E-state index in [-0.39, 0.29) is 9.77 Å². The molecule has 1 fully saturated rings. The number of nitrogens with zero attached hydrogens (tertiary/aromatic N) is 1. The Labute approximate surface area is 151 Å². The maximum Gasteiger partial charge on any atom is 0.267 e. The van der Waals surface area contributed by atoms with Gasteiger partial charge in [-0.25, -0.2) is 8.42 Å². The molecule has 25 heavy (non-hydrogen) atoms. The van der Waals surface area contributed by atoms with Crippen LogP contribution in [-0.4, -0.2) is 38.8 Å². The third-order valence-corrected chi connectivity index (χ3v) is 7.08. The van der Waals surface area contributed by atoms with Gasteiger partial charge in [-0.05, 0) is 36.4 Å². The number of amides is 1. The number of benzene rings is 1. The van der Waals surface area contributed by atoms with Gasteiger partial charge in [0.2, 0.25) is 10.0 Å². The maximum absolute atomic E-state index is 12.9. The van der Waals surface area contributed by atoms with Crippen LogP contribution in [0.2, 0.25) is 0 Å². The van der Waals surface area contributed by atoms with Crippen molar-refractivity contribution in [2.75, 3.05) is 25.5 Å². The van der Waals surface area contributed by atoms with Crippen molar-refractivity contribution in [2.24, 2.45) is 0 Å². The topological polar surface area (TPSA) is 75.7 Å². The Bertz CT molecular complexity index is 855. The average molecular weight is 380 g/mol.